The number of hydrazine groups is 1. The summed E-state index contributed by atoms with van der Waals surface area (Å²) in [7, 11) is 0. The zero-order valence-electron chi connectivity index (χ0n) is 8.65. The van der Waals surface area contributed by atoms with Crippen molar-refractivity contribution in [3.63, 3.8) is 0 Å². The zero-order chi connectivity index (χ0) is 11.4. The lowest BCUT2D eigenvalue weighted by molar-refractivity contribution is 0.528. The molecule has 16 heavy (non-hydrogen) atoms. The van der Waals surface area contributed by atoms with Crippen molar-refractivity contribution in [3.05, 3.63) is 43.2 Å². The quantitative estimate of drug-likeness (QED) is 0.656. The molecule has 0 saturated carbocycles. The Kier molecular flexibility index (Phi) is 4.55. The van der Waals surface area contributed by atoms with Gasteiger partial charge in [-0.1, -0.05) is 6.07 Å². The predicted octanol–water partition coefficient (Wildman–Crippen LogP) is 3.19. The molecule has 5 heteroatoms. The Morgan fingerprint density at radius 2 is 2.12 bits per heavy atom. The Morgan fingerprint density at radius 3 is 2.69 bits per heavy atom. The lowest BCUT2D eigenvalue weighted by atomic mass is 10.1. The van der Waals surface area contributed by atoms with Gasteiger partial charge in [0.05, 0.1) is 0 Å². The van der Waals surface area contributed by atoms with Gasteiger partial charge in [0, 0.05) is 20.3 Å². The number of hydrogen-bond donors (Lipinski definition) is 2. The summed E-state index contributed by atoms with van der Waals surface area (Å²) in [5, 5.41) is 4.20. The Bertz CT molecular complexity index is 425. The van der Waals surface area contributed by atoms with Gasteiger partial charge in [-0.15, -0.1) is 22.7 Å². The maximum absolute atomic E-state index is 5.60. The van der Waals surface area contributed by atoms with Gasteiger partial charge in [-0.05, 0) is 51.7 Å². The lowest BCUT2D eigenvalue weighted by Crippen LogP contribution is -2.38. The summed E-state index contributed by atoms with van der Waals surface area (Å²) in [5.74, 6) is 5.60. The molecule has 0 aliphatic rings. The first-order valence-electron chi connectivity index (χ1n) is 5.00. The molecule has 0 aromatic carbocycles. The van der Waals surface area contributed by atoms with Crippen LogP contribution < -0.4 is 11.3 Å². The maximum atomic E-state index is 5.60. The molecule has 1 atom stereocenters. The number of nitrogens with one attached hydrogen (secondary N) is 1. The van der Waals surface area contributed by atoms with Crippen LogP contribution >= 0.6 is 38.6 Å². The minimum atomic E-state index is 0.300. The molecule has 2 rings (SSSR count). The minimum Gasteiger partial charge on any atom is -0.271 e. The van der Waals surface area contributed by atoms with E-state index in [1.54, 1.807) is 22.7 Å². The summed E-state index contributed by atoms with van der Waals surface area (Å²) in [4.78, 5) is 2.72. The van der Waals surface area contributed by atoms with E-state index in [0.29, 0.717) is 6.04 Å². The van der Waals surface area contributed by atoms with Gasteiger partial charge in [0.25, 0.3) is 0 Å². The van der Waals surface area contributed by atoms with Gasteiger partial charge >= 0.3 is 0 Å². The zero-order valence-corrected chi connectivity index (χ0v) is 11.9. The first-order valence-corrected chi connectivity index (χ1v) is 7.55. The largest absolute Gasteiger partial charge is 0.271 e. The van der Waals surface area contributed by atoms with Gasteiger partial charge in [-0.3, -0.25) is 11.3 Å². The molecule has 0 aliphatic heterocycles. The maximum Gasteiger partial charge on any atom is 0.0314 e. The number of thiophene rings is 2. The summed E-state index contributed by atoms with van der Waals surface area (Å²) in [6.07, 6.45) is 1.95. The van der Waals surface area contributed by atoms with Crippen molar-refractivity contribution in [1.29, 1.82) is 0 Å². The van der Waals surface area contributed by atoms with E-state index < -0.39 is 0 Å². The van der Waals surface area contributed by atoms with Crippen LogP contribution in [0.3, 0.4) is 0 Å². The minimum absolute atomic E-state index is 0.300. The van der Waals surface area contributed by atoms with Crippen molar-refractivity contribution >= 4 is 38.6 Å². The van der Waals surface area contributed by atoms with E-state index in [0.717, 1.165) is 12.8 Å². The average Bonchev–Trinajstić information content (AvgIpc) is 2.90. The van der Waals surface area contributed by atoms with Crippen LogP contribution in [-0.4, -0.2) is 6.04 Å². The summed E-state index contributed by atoms with van der Waals surface area (Å²) >= 11 is 7.09. The van der Waals surface area contributed by atoms with Crippen molar-refractivity contribution in [2.24, 2.45) is 5.84 Å². The first kappa shape index (κ1) is 12.3. The van der Waals surface area contributed by atoms with Crippen LogP contribution in [-0.2, 0) is 12.8 Å². The van der Waals surface area contributed by atoms with Crippen molar-refractivity contribution in [2.75, 3.05) is 0 Å². The fourth-order valence-corrected chi connectivity index (χ4v) is 3.94. The first-order chi connectivity index (χ1) is 7.79. The highest BCUT2D eigenvalue weighted by atomic mass is 79.9. The third-order valence-corrected chi connectivity index (χ3v) is 5.23. The second kappa shape index (κ2) is 5.93. The summed E-state index contributed by atoms with van der Waals surface area (Å²) in [6.45, 7) is 0. The van der Waals surface area contributed by atoms with Crippen molar-refractivity contribution < 1.29 is 0 Å². The van der Waals surface area contributed by atoms with E-state index >= 15 is 0 Å². The summed E-state index contributed by atoms with van der Waals surface area (Å²) in [5.41, 5.74) is 2.90. The van der Waals surface area contributed by atoms with Crippen LogP contribution in [0.15, 0.2) is 33.4 Å². The van der Waals surface area contributed by atoms with Crippen LogP contribution in [0.1, 0.15) is 9.75 Å². The number of rotatable bonds is 5. The van der Waals surface area contributed by atoms with Crippen LogP contribution in [0.4, 0.5) is 0 Å². The number of halogens is 1. The summed E-state index contributed by atoms with van der Waals surface area (Å²) < 4.78 is 1.18. The SMILES string of the molecule is NNC(Cc1cccs1)Cc1sccc1Br. The Hall–Kier alpha value is -0.200. The van der Waals surface area contributed by atoms with Crippen LogP contribution in [0.2, 0.25) is 0 Å². The molecule has 2 aromatic heterocycles. The van der Waals surface area contributed by atoms with E-state index in [9.17, 15) is 0 Å². The highest BCUT2D eigenvalue weighted by Gasteiger charge is 2.12. The molecule has 0 spiro atoms. The lowest BCUT2D eigenvalue weighted by Gasteiger charge is -2.14. The van der Waals surface area contributed by atoms with Crippen LogP contribution in [0, 0.1) is 0 Å². The van der Waals surface area contributed by atoms with E-state index in [4.69, 9.17) is 5.84 Å². The highest BCUT2D eigenvalue weighted by Crippen LogP contribution is 2.25. The molecule has 0 saturated heterocycles. The molecule has 0 bridgehead atoms. The van der Waals surface area contributed by atoms with Crippen molar-refractivity contribution in [3.8, 4) is 0 Å². The van der Waals surface area contributed by atoms with Gasteiger partial charge in [0.2, 0.25) is 0 Å². The Balaban J connectivity index is 1.98. The monoisotopic (exact) mass is 316 g/mol. The van der Waals surface area contributed by atoms with Gasteiger partial charge in [-0.2, -0.15) is 0 Å². The second-order valence-corrected chi connectivity index (χ2v) is 6.43. The smallest absolute Gasteiger partial charge is 0.0314 e. The summed E-state index contributed by atoms with van der Waals surface area (Å²) in [6, 6.07) is 6.61. The molecule has 0 aliphatic carbocycles. The molecular formula is C11H13BrN2S2. The van der Waals surface area contributed by atoms with Gasteiger partial charge in [0.15, 0.2) is 0 Å². The van der Waals surface area contributed by atoms with E-state index in [-0.39, 0.29) is 0 Å². The highest BCUT2D eigenvalue weighted by molar-refractivity contribution is 9.10. The normalized spacial score (nSPS) is 12.9. The van der Waals surface area contributed by atoms with Crippen LogP contribution in [0.25, 0.3) is 0 Å². The molecular weight excluding hydrogens is 304 g/mol. The topological polar surface area (TPSA) is 38.0 Å². The molecule has 0 fully saturated rings. The molecule has 0 radical (unpaired) electrons. The molecule has 2 aromatic rings. The second-order valence-electron chi connectivity index (χ2n) is 3.54. The van der Waals surface area contributed by atoms with Crippen molar-refractivity contribution in [2.45, 2.75) is 18.9 Å². The third kappa shape index (κ3) is 3.15. The van der Waals surface area contributed by atoms with E-state index in [2.05, 4.69) is 50.3 Å². The fraction of sp³-hybridized carbons (Fsp3) is 0.273. The van der Waals surface area contributed by atoms with Gasteiger partial charge in [-0.25, -0.2) is 0 Å². The van der Waals surface area contributed by atoms with E-state index in [1.807, 2.05) is 0 Å². The molecule has 3 N–H and O–H groups in total. The van der Waals surface area contributed by atoms with Crippen LogP contribution in [0.5, 0.6) is 0 Å². The Labute approximate surface area is 112 Å². The molecule has 2 nitrogen and oxygen atoms in total. The standard InChI is InChI=1S/C11H13BrN2S2/c12-10-3-5-16-11(10)7-8(14-13)6-9-2-1-4-15-9/h1-5,8,14H,6-7,13H2. The van der Waals surface area contributed by atoms with Gasteiger partial charge in [0.1, 0.15) is 0 Å². The third-order valence-electron chi connectivity index (χ3n) is 2.39. The van der Waals surface area contributed by atoms with E-state index in [1.165, 1.54) is 14.2 Å². The molecule has 0 amide bonds. The molecule has 1 unspecified atom stereocenters. The van der Waals surface area contributed by atoms with Gasteiger partial charge < -0.3 is 0 Å². The Morgan fingerprint density at radius 1 is 1.25 bits per heavy atom. The number of hydrogen-bond acceptors (Lipinski definition) is 4. The molecule has 2 heterocycles. The predicted molar refractivity (Wildman–Crippen MR) is 74.9 cm³/mol. The molecule has 86 valence electrons. The number of nitrogens with two attached hydrogens (primary N) is 1. The fourth-order valence-electron chi connectivity index (χ4n) is 1.56. The van der Waals surface area contributed by atoms with Crippen molar-refractivity contribution in [1.82, 2.24) is 5.43 Å². The average molecular weight is 317 g/mol.